The Balaban J connectivity index is 1.76. The van der Waals surface area contributed by atoms with Crippen LogP contribution in [0.3, 0.4) is 0 Å². The van der Waals surface area contributed by atoms with E-state index in [0.717, 1.165) is 35.1 Å². The van der Waals surface area contributed by atoms with Crippen molar-refractivity contribution in [3.63, 3.8) is 0 Å². The van der Waals surface area contributed by atoms with Gasteiger partial charge < -0.3 is 11.1 Å². The fraction of sp³-hybridized carbons (Fsp3) is 0.133. The number of nitrogen functional groups attached to an aromatic ring is 1. The SMILES string of the molecule is Nc1c(NCCc2cccs2)ccc2cnccc12. The topological polar surface area (TPSA) is 50.9 Å². The van der Waals surface area contributed by atoms with Gasteiger partial charge in [0.05, 0.1) is 11.4 Å². The fourth-order valence-corrected chi connectivity index (χ4v) is 2.83. The molecule has 0 bridgehead atoms. The Labute approximate surface area is 116 Å². The highest BCUT2D eigenvalue weighted by Crippen LogP contribution is 2.27. The summed E-state index contributed by atoms with van der Waals surface area (Å²) in [6.45, 7) is 0.890. The molecule has 96 valence electrons. The molecule has 0 aliphatic carbocycles. The van der Waals surface area contributed by atoms with Crippen molar-refractivity contribution in [3.8, 4) is 0 Å². The van der Waals surface area contributed by atoms with E-state index in [1.807, 2.05) is 24.4 Å². The molecule has 2 aromatic heterocycles. The molecule has 3 aromatic rings. The van der Waals surface area contributed by atoms with Gasteiger partial charge in [0, 0.05) is 34.6 Å². The highest BCUT2D eigenvalue weighted by atomic mass is 32.1. The molecule has 0 spiro atoms. The molecular formula is C15H15N3S. The maximum absolute atomic E-state index is 6.19. The standard InChI is InChI=1S/C15H15N3S/c16-15-13-6-7-17-10-11(13)3-4-14(15)18-8-5-12-2-1-9-19-12/h1-4,6-7,9-10,18H,5,8,16H2. The number of nitrogens with zero attached hydrogens (tertiary/aromatic N) is 1. The maximum Gasteiger partial charge on any atom is 0.0630 e. The van der Waals surface area contributed by atoms with Gasteiger partial charge >= 0.3 is 0 Å². The highest BCUT2D eigenvalue weighted by Gasteiger charge is 2.04. The molecule has 0 radical (unpaired) electrons. The van der Waals surface area contributed by atoms with Gasteiger partial charge in [-0.1, -0.05) is 12.1 Å². The first-order valence-electron chi connectivity index (χ1n) is 6.23. The third kappa shape index (κ3) is 2.53. The Hall–Kier alpha value is -2.07. The first-order chi connectivity index (χ1) is 9.34. The van der Waals surface area contributed by atoms with Crippen LogP contribution in [-0.4, -0.2) is 11.5 Å². The lowest BCUT2D eigenvalue weighted by molar-refractivity contribution is 1.05. The average Bonchev–Trinajstić information content (AvgIpc) is 2.95. The van der Waals surface area contributed by atoms with E-state index < -0.39 is 0 Å². The predicted molar refractivity (Wildman–Crippen MR) is 82.7 cm³/mol. The van der Waals surface area contributed by atoms with Gasteiger partial charge in [0.25, 0.3) is 0 Å². The molecule has 0 aliphatic rings. The van der Waals surface area contributed by atoms with E-state index in [0.29, 0.717) is 0 Å². The van der Waals surface area contributed by atoms with Crippen LogP contribution in [0.1, 0.15) is 4.88 Å². The Bertz CT molecular complexity index is 677. The van der Waals surface area contributed by atoms with Crippen molar-refractivity contribution in [3.05, 3.63) is 53.0 Å². The van der Waals surface area contributed by atoms with Crippen LogP contribution >= 0.6 is 11.3 Å². The molecule has 0 atom stereocenters. The van der Waals surface area contributed by atoms with E-state index in [1.165, 1.54) is 4.88 Å². The van der Waals surface area contributed by atoms with Gasteiger partial charge in [-0.2, -0.15) is 0 Å². The lowest BCUT2D eigenvalue weighted by atomic mass is 10.1. The number of thiophene rings is 1. The number of nitrogens with one attached hydrogen (secondary N) is 1. The Morgan fingerprint density at radius 3 is 3.00 bits per heavy atom. The van der Waals surface area contributed by atoms with Gasteiger partial charge in [-0.25, -0.2) is 0 Å². The minimum atomic E-state index is 0.797. The monoisotopic (exact) mass is 269 g/mol. The number of benzene rings is 1. The summed E-state index contributed by atoms with van der Waals surface area (Å²) in [5.74, 6) is 0. The highest BCUT2D eigenvalue weighted by molar-refractivity contribution is 7.09. The van der Waals surface area contributed by atoms with Crippen molar-refractivity contribution < 1.29 is 0 Å². The Kier molecular flexibility index (Phi) is 3.33. The summed E-state index contributed by atoms with van der Waals surface area (Å²) < 4.78 is 0. The molecule has 0 aliphatic heterocycles. The Morgan fingerprint density at radius 2 is 2.16 bits per heavy atom. The van der Waals surface area contributed by atoms with Crippen LogP contribution in [0.25, 0.3) is 10.8 Å². The summed E-state index contributed by atoms with van der Waals surface area (Å²) in [6, 6.07) is 10.3. The minimum absolute atomic E-state index is 0.797. The quantitative estimate of drug-likeness (QED) is 0.712. The number of rotatable bonds is 4. The van der Waals surface area contributed by atoms with Gasteiger partial charge in [-0.05, 0) is 30.0 Å². The number of pyridine rings is 1. The van der Waals surface area contributed by atoms with Gasteiger partial charge in [0.15, 0.2) is 0 Å². The largest absolute Gasteiger partial charge is 0.397 e. The maximum atomic E-state index is 6.19. The number of hydrogen-bond acceptors (Lipinski definition) is 4. The van der Waals surface area contributed by atoms with Gasteiger partial charge in [-0.3, -0.25) is 4.98 Å². The van der Waals surface area contributed by atoms with Gasteiger partial charge in [-0.15, -0.1) is 11.3 Å². The van der Waals surface area contributed by atoms with Crippen molar-refractivity contribution >= 4 is 33.5 Å². The van der Waals surface area contributed by atoms with Crippen LogP contribution in [0.15, 0.2) is 48.1 Å². The van der Waals surface area contributed by atoms with Crippen molar-refractivity contribution in [2.24, 2.45) is 0 Å². The summed E-state index contributed by atoms with van der Waals surface area (Å²) in [4.78, 5) is 5.49. The van der Waals surface area contributed by atoms with E-state index in [9.17, 15) is 0 Å². The lowest BCUT2D eigenvalue weighted by Crippen LogP contribution is -2.06. The van der Waals surface area contributed by atoms with Crippen LogP contribution < -0.4 is 11.1 Å². The molecule has 3 rings (SSSR count). The molecule has 19 heavy (non-hydrogen) atoms. The lowest BCUT2D eigenvalue weighted by Gasteiger charge is -2.11. The molecule has 0 saturated carbocycles. The molecule has 0 unspecified atom stereocenters. The second-order valence-electron chi connectivity index (χ2n) is 4.38. The normalized spacial score (nSPS) is 10.7. The first-order valence-corrected chi connectivity index (χ1v) is 7.11. The summed E-state index contributed by atoms with van der Waals surface area (Å²) in [7, 11) is 0. The summed E-state index contributed by atoms with van der Waals surface area (Å²) in [6.07, 6.45) is 4.63. The number of anilines is 2. The molecule has 0 saturated heterocycles. The van der Waals surface area contributed by atoms with E-state index in [1.54, 1.807) is 17.5 Å². The van der Waals surface area contributed by atoms with Crippen molar-refractivity contribution in [2.75, 3.05) is 17.6 Å². The first kappa shape index (κ1) is 12.0. The van der Waals surface area contributed by atoms with Crippen LogP contribution in [0.2, 0.25) is 0 Å². The summed E-state index contributed by atoms with van der Waals surface area (Å²) >= 11 is 1.79. The van der Waals surface area contributed by atoms with E-state index in [2.05, 4.69) is 27.8 Å². The second-order valence-corrected chi connectivity index (χ2v) is 5.41. The number of nitrogens with two attached hydrogens (primary N) is 1. The minimum Gasteiger partial charge on any atom is -0.397 e. The molecule has 3 nitrogen and oxygen atoms in total. The van der Waals surface area contributed by atoms with Gasteiger partial charge in [0.1, 0.15) is 0 Å². The van der Waals surface area contributed by atoms with Crippen LogP contribution in [0.4, 0.5) is 11.4 Å². The average molecular weight is 269 g/mol. The third-order valence-electron chi connectivity index (χ3n) is 3.13. The molecule has 2 heterocycles. The van der Waals surface area contributed by atoms with E-state index >= 15 is 0 Å². The van der Waals surface area contributed by atoms with E-state index in [-0.39, 0.29) is 0 Å². The molecule has 1 aromatic carbocycles. The van der Waals surface area contributed by atoms with Crippen molar-refractivity contribution in [2.45, 2.75) is 6.42 Å². The third-order valence-corrected chi connectivity index (χ3v) is 4.06. The van der Waals surface area contributed by atoms with Crippen molar-refractivity contribution in [1.29, 1.82) is 0 Å². The smallest absolute Gasteiger partial charge is 0.0630 e. The van der Waals surface area contributed by atoms with Crippen LogP contribution in [0, 0.1) is 0 Å². The molecule has 4 heteroatoms. The zero-order valence-corrected chi connectivity index (χ0v) is 11.3. The van der Waals surface area contributed by atoms with E-state index in [4.69, 9.17) is 5.73 Å². The van der Waals surface area contributed by atoms with Gasteiger partial charge in [0.2, 0.25) is 0 Å². The molecular weight excluding hydrogens is 254 g/mol. The molecule has 0 fully saturated rings. The van der Waals surface area contributed by atoms with Crippen molar-refractivity contribution in [1.82, 2.24) is 4.98 Å². The number of aromatic nitrogens is 1. The Morgan fingerprint density at radius 1 is 1.21 bits per heavy atom. The number of hydrogen-bond donors (Lipinski definition) is 2. The van der Waals surface area contributed by atoms with Crippen LogP contribution in [0.5, 0.6) is 0 Å². The fourth-order valence-electron chi connectivity index (χ4n) is 2.12. The predicted octanol–water partition coefficient (Wildman–Crippen LogP) is 3.53. The second kappa shape index (κ2) is 5.28. The number of fused-ring (bicyclic) bond motifs is 1. The molecule has 3 N–H and O–H groups in total. The zero-order valence-electron chi connectivity index (χ0n) is 10.5. The zero-order chi connectivity index (χ0) is 13.1. The molecule has 0 amide bonds. The summed E-state index contributed by atoms with van der Waals surface area (Å²) in [5, 5.41) is 7.63. The summed E-state index contributed by atoms with van der Waals surface area (Å²) in [5.41, 5.74) is 7.98. The van der Waals surface area contributed by atoms with Crippen LogP contribution in [-0.2, 0) is 6.42 Å².